The predicted octanol–water partition coefficient (Wildman–Crippen LogP) is 2.62. The van der Waals surface area contributed by atoms with Crippen molar-refractivity contribution in [2.75, 3.05) is 20.1 Å². The van der Waals surface area contributed by atoms with Gasteiger partial charge in [-0.3, -0.25) is 15.0 Å². The summed E-state index contributed by atoms with van der Waals surface area (Å²) in [6, 6.07) is 8.26. The lowest BCUT2D eigenvalue weighted by Gasteiger charge is -2.32. The summed E-state index contributed by atoms with van der Waals surface area (Å²) < 4.78 is 0. The quantitative estimate of drug-likeness (QED) is 0.793. The predicted molar refractivity (Wildman–Crippen MR) is 91.2 cm³/mol. The average molecular weight is 317 g/mol. The minimum absolute atomic E-state index is 0.222. The summed E-state index contributed by atoms with van der Waals surface area (Å²) in [5.74, 6) is -0.260. The third kappa shape index (κ3) is 5.06. The topological polar surface area (TPSA) is 61.4 Å². The molecule has 23 heavy (non-hydrogen) atoms. The van der Waals surface area contributed by atoms with Gasteiger partial charge in [-0.05, 0) is 43.9 Å². The van der Waals surface area contributed by atoms with Gasteiger partial charge in [0.05, 0.1) is 6.54 Å². The Balaban J connectivity index is 1.86. The third-order valence-corrected chi connectivity index (χ3v) is 4.33. The number of amides is 3. The van der Waals surface area contributed by atoms with Crippen LogP contribution in [0.4, 0.5) is 4.79 Å². The second kappa shape index (κ2) is 8.67. The molecule has 0 aromatic heterocycles. The first kappa shape index (κ1) is 17.5. The largest absolute Gasteiger partial charge is 0.338 e. The van der Waals surface area contributed by atoms with Crippen molar-refractivity contribution < 1.29 is 9.59 Å². The van der Waals surface area contributed by atoms with Crippen LogP contribution < -0.4 is 10.6 Å². The molecule has 1 aliphatic carbocycles. The molecule has 5 nitrogen and oxygen atoms in total. The Morgan fingerprint density at radius 1 is 1.30 bits per heavy atom. The SMILES string of the molecule is CCCCNC(=O)NC(=O)CN(C)[C@@H]1CCCc2ccccc21. The van der Waals surface area contributed by atoms with E-state index in [-0.39, 0.29) is 18.5 Å². The lowest BCUT2D eigenvalue weighted by Crippen LogP contribution is -2.44. The molecule has 5 heteroatoms. The molecule has 0 aliphatic heterocycles. The van der Waals surface area contributed by atoms with Crippen molar-refractivity contribution in [3.8, 4) is 0 Å². The van der Waals surface area contributed by atoms with Crippen LogP contribution >= 0.6 is 0 Å². The zero-order valence-electron chi connectivity index (χ0n) is 14.1. The molecule has 0 saturated heterocycles. The van der Waals surface area contributed by atoms with E-state index in [9.17, 15) is 9.59 Å². The lowest BCUT2D eigenvalue weighted by molar-refractivity contribution is -0.121. The summed E-state index contributed by atoms with van der Waals surface area (Å²) in [5, 5.41) is 5.10. The van der Waals surface area contributed by atoms with E-state index in [0.717, 1.165) is 32.1 Å². The van der Waals surface area contributed by atoms with E-state index in [1.807, 2.05) is 18.0 Å². The number of aryl methyl sites for hydroxylation is 1. The van der Waals surface area contributed by atoms with Crippen molar-refractivity contribution in [1.82, 2.24) is 15.5 Å². The summed E-state index contributed by atoms with van der Waals surface area (Å²) in [7, 11) is 1.95. The lowest BCUT2D eigenvalue weighted by atomic mass is 9.87. The molecule has 0 saturated carbocycles. The van der Waals surface area contributed by atoms with Crippen molar-refractivity contribution >= 4 is 11.9 Å². The van der Waals surface area contributed by atoms with Crippen LogP contribution in [-0.2, 0) is 11.2 Å². The van der Waals surface area contributed by atoms with Gasteiger partial charge in [0.25, 0.3) is 0 Å². The van der Waals surface area contributed by atoms with E-state index in [2.05, 4.69) is 35.8 Å². The summed E-state index contributed by atoms with van der Waals surface area (Å²) in [4.78, 5) is 25.7. The van der Waals surface area contributed by atoms with Gasteiger partial charge >= 0.3 is 6.03 Å². The molecule has 1 aromatic rings. The van der Waals surface area contributed by atoms with Gasteiger partial charge in [0, 0.05) is 12.6 Å². The number of benzene rings is 1. The monoisotopic (exact) mass is 317 g/mol. The van der Waals surface area contributed by atoms with Gasteiger partial charge in [0.2, 0.25) is 5.91 Å². The molecule has 0 spiro atoms. The molecule has 2 N–H and O–H groups in total. The van der Waals surface area contributed by atoms with Crippen molar-refractivity contribution in [1.29, 1.82) is 0 Å². The molecule has 0 radical (unpaired) electrons. The third-order valence-electron chi connectivity index (χ3n) is 4.33. The maximum absolute atomic E-state index is 12.0. The Morgan fingerprint density at radius 2 is 2.09 bits per heavy atom. The minimum atomic E-state index is -0.402. The van der Waals surface area contributed by atoms with Gasteiger partial charge in [-0.2, -0.15) is 0 Å². The highest BCUT2D eigenvalue weighted by Gasteiger charge is 2.24. The Hall–Kier alpha value is -1.88. The first-order valence-corrected chi connectivity index (χ1v) is 8.47. The molecule has 2 rings (SSSR count). The zero-order chi connectivity index (χ0) is 16.7. The molecule has 1 aliphatic rings. The highest BCUT2D eigenvalue weighted by Crippen LogP contribution is 2.33. The molecular weight excluding hydrogens is 290 g/mol. The fourth-order valence-electron chi connectivity index (χ4n) is 3.11. The number of carbonyl (C=O) groups is 2. The molecule has 1 aromatic carbocycles. The van der Waals surface area contributed by atoms with Crippen LogP contribution in [0.2, 0.25) is 0 Å². The van der Waals surface area contributed by atoms with E-state index >= 15 is 0 Å². The number of likely N-dealkylation sites (N-methyl/N-ethyl adjacent to an activating group) is 1. The second-order valence-corrected chi connectivity index (χ2v) is 6.18. The molecule has 1 atom stereocenters. The van der Waals surface area contributed by atoms with Crippen molar-refractivity contribution in [2.45, 2.75) is 45.1 Å². The number of carbonyl (C=O) groups excluding carboxylic acids is 2. The highest BCUT2D eigenvalue weighted by molar-refractivity contribution is 5.95. The van der Waals surface area contributed by atoms with Crippen LogP contribution in [0.3, 0.4) is 0 Å². The molecular formula is C18H27N3O2. The molecule has 0 unspecified atom stereocenters. The zero-order valence-corrected chi connectivity index (χ0v) is 14.1. The number of hydrogen-bond acceptors (Lipinski definition) is 3. The van der Waals surface area contributed by atoms with Crippen LogP contribution in [0.1, 0.15) is 49.8 Å². The van der Waals surface area contributed by atoms with Crippen molar-refractivity contribution in [3.63, 3.8) is 0 Å². The summed E-state index contributed by atoms with van der Waals surface area (Å²) >= 11 is 0. The van der Waals surface area contributed by atoms with Gasteiger partial charge in [-0.1, -0.05) is 37.6 Å². The van der Waals surface area contributed by atoms with E-state index < -0.39 is 6.03 Å². The Bertz CT molecular complexity index is 545. The number of imide groups is 1. The first-order chi connectivity index (χ1) is 11.1. The van der Waals surface area contributed by atoms with Crippen LogP contribution in [0, 0.1) is 0 Å². The molecule has 0 fully saturated rings. The average Bonchev–Trinajstić information content (AvgIpc) is 2.54. The number of nitrogens with one attached hydrogen (secondary N) is 2. The van der Waals surface area contributed by atoms with E-state index in [4.69, 9.17) is 0 Å². The van der Waals surface area contributed by atoms with Gasteiger partial charge in [-0.15, -0.1) is 0 Å². The van der Waals surface area contributed by atoms with Gasteiger partial charge in [0.1, 0.15) is 0 Å². The molecule has 3 amide bonds. The van der Waals surface area contributed by atoms with E-state index in [1.54, 1.807) is 0 Å². The van der Waals surface area contributed by atoms with Gasteiger partial charge in [0.15, 0.2) is 0 Å². The Kier molecular flexibility index (Phi) is 6.59. The summed E-state index contributed by atoms with van der Waals surface area (Å²) in [6.07, 6.45) is 5.21. The maximum Gasteiger partial charge on any atom is 0.321 e. The normalized spacial score (nSPS) is 16.7. The Morgan fingerprint density at radius 3 is 2.87 bits per heavy atom. The Labute approximate surface area is 138 Å². The number of fused-ring (bicyclic) bond motifs is 1. The van der Waals surface area contributed by atoms with Gasteiger partial charge < -0.3 is 5.32 Å². The van der Waals surface area contributed by atoms with Crippen molar-refractivity contribution in [3.05, 3.63) is 35.4 Å². The molecule has 0 heterocycles. The number of unbranched alkanes of at least 4 members (excludes halogenated alkanes) is 1. The summed E-state index contributed by atoms with van der Waals surface area (Å²) in [6.45, 7) is 2.88. The minimum Gasteiger partial charge on any atom is -0.338 e. The molecule has 126 valence electrons. The first-order valence-electron chi connectivity index (χ1n) is 8.47. The van der Waals surface area contributed by atoms with E-state index in [0.29, 0.717) is 6.54 Å². The van der Waals surface area contributed by atoms with Crippen LogP contribution in [0.5, 0.6) is 0 Å². The van der Waals surface area contributed by atoms with Crippen LogP contribution in [0.15, 0.2) is 24.3 Å². The van der Waals surface area contributed by atoms with E-state index in [1.165, 1.54) is 11.1 Å². The number of hydrogen-bond donors (Lipinski definition) is 2. The van der Waals surface area contributed by atoms with Crippen LogP contribution in [-0.4, -0.2) is 37.0 Å². The standard InChI is InChI=1S/C18H27N3O2/c1-3-4-12-19-18(23)20-17(22)13-21(2)16-11-7-9-14-8-5-6-10-15(14)16/h5-6,8,10,16H,3-4,7,9,11-13H2,1-2H3,(H2,19,20,22,23)/t16-/m1/s1. The van der Waals surface area contributed by atoms with Crippen LogP contribution in [0.25, 0.3) is 0 Å². The summed E-state index contributed by atoms with van der Waals surface area (Å²) in [5.41, 5.74) is 2.68. The fraction of sp³-hybridized carbons (Fsp3) is 0.556. The number of urea groups is 1. The smallest absolute Gasteiger partial charge is 0.321 e. The number of nitrogens with zero attached hydrogens (tertiary/aromatic N) is 1. The number of rotatable bonds is 6. The fourth-order valence-corrected chi connectivity index (χ4v) is 3.11. The highest BCUT2D eigenvalue weighted by atomic mass is 16.2. The van der Waals surface area contributed by atoms with Crippen molar-refractivity contribution in [2.24, 2.45) is 0 Å². The van der Waals surface area contributed by atoms with Gasteiger partial charge in [-0.25, -0.2) is 4.79 Å². The second-order valence-electron chi connectivity index (χ2n) is 6.18. The maximum atomic E-state index is 12.0. The molecule has 0 bridgehead atoms.